The van der Waals surface area contributed by atoms with Crippen molar-refractivity contribution in [2.24, 2.45) is 17.6 Å². The van der Waals surface area contributed by atoms with Crippen LogP contribution in [0.25, 0.3) is 0 Å². The Morgan fingerprint density at radius 2 is 1.84 bits per heavy atom. The summed E-state index contributed by atoms with van der Waals surface area (Å²) in [5.41, 5.74) is 6.48. The second-order valence-corrected chi connectivity index (χ2v) is 8.53. The van der Waals surface area contributed by atoms with Crippen LogP contribution in [-0.2, 0) is 14.3 Å². The monoisotopic (exact) mass is 394 g/mol. The van der Waals surface area contributed by atoms with Crippen LogP contribution in [0.1, 0.15) is 25.7 Å². The summed E-state index contributed by atoms with van der Waals surface area (Å²) in [5.74, 6) is 0.262. The van der Waals surface area contributed by atoms with E-state index in [1.54, 1.807) is 0 Å². The first kappa shape index (κ1) is 19.6. The predicted molar refractivity (Wildman–Crippen MR) is 95.9 cm³/mol. The average molecular weight is 395 g/mol. The van der Waals surface area contributed by atoms with Crippen molar-refractivity contribution in [2.75, 3.05) is 32.9 Å². The predicted octanol–water partition coefficient (Wildman–Crippen LogP) is 0.953. The van der Waals surface area contributed by atoms with Crippen LogP contribution in [0.3, 0.4) is 0 Å². The number of carbonyl (C=O) groups is 1. The molecule has 0 aromatic heterocycles. The van der Waals surface area contributed by atoms with E-state index in [1.807, 2.05) is 4.90 Å². The van der Waals surface area contributed by atoms with Gasteiger partial charge in [-0.25, -0.2) is 0 Å². The number of piperidine rings is 1. The number of nitrogens with zero attached hydrogens (tertiary/aromatic N) is 1. The van der Waals surface area contributed by atoms with Gasteiger partial charge in [0.05, 0.1) is 36.7 Å². The summed E-state index contributed by atoms with van der Waals surface area (Å²) in [6.07, 6.45) is 1.83. The largest absolute Gasteiger partial charge is 0.393 e. The average Bonchev–Trinajstić information content (AvgIpc) is 2.64. The number of amides is 1. The molecule has 2 aliphatic heterocycles. The van der Waals surface area contributed by atoms with Crippen molar-refractivity contribution in [3.63, 3.8) is 0 Å². The van der Waals surface area contributed by atoms with Crippen molar-refractivity contribution >= 4 is 29.1 Å². The lowest BCUT2D eigenvalue weighted by atomic mass is 9.74. The number of aliphatic hydroxyl groups is 1. The van der Waals surface area contributed by atoms with Gasteiger partial charge in [0.15, 0.2) is 6.10 Å². The van der Waals surface area contributed by atoms with Crippen molar-refractivity contribution in [1.82, 2.24) is 4.90 Å². The maximum Gasteiger partial charge on any atom is 0.254 e. The van der Waals surface area contributed by atoms with Crippen LogP contribution in [0, 0.1) is 11.8 Å². The maximum absolute atomic E-state index is 12.5. The van der Waals surface area contributed by atoms with Crippen LogP contribution in [0.5, 0.6) is 0 Å². The Labute approximate surface area is 158 Å². The number of rotatable bonds is 3. The molecule has 0 aromatic rings. The highest BCUT2D eigenvalue weighted by Gasteiger charge is 2.41. The van der Waals surface area contributed by atoms with Gasteiger partial charge in [-0.15, -0.1) is 23.2 Å². The molecule has 1 amide bonds. The number of nitrogens with two attached hydrogens (primary N) is 1. The lowest BCUT2D eigenvalue weighted by Gasteiger charge is -2.43. The fourth-order valence-electron chi connectivity index (χ4n) is 4.22. The number of alkyl halides is 2. The minimum absolute atomic E-state index is 0.00947. The third-order valence-corrected chi connectivity index (χ3v) is 6.93. The van der Waals surface area contributed by atoms with Crippen molar-refractivity contribution in [2.45, 2.75) is 54.7 Å². The number of hydrogen-bond donors (Lipinski definition) is 2. The minimum atomic E-state index is -0.500. The molecule has 25 heavy (non-hydrogen) atoms. The highest BCUT2D eigenvalue weighted by molar-refractivity contribution is 6.30. The zero-order valence-electron chi connectivity index (χ0n) is 14.4. The Hall–Kier alpha value is -0.110. The van der Waals surface area contributed by atoms with E-state index in [0.717, 1.165) is 12.8 Å². The van der Waals surface area contributed by atoms with Gasteiger partial charge < -0.3 is 25.2 Å². The summed E-state index contributed by atoms with van der Waals surface area (Å²) >= 11 is 12.4. The van der Waals surface area contributed by atoms with E-state index in [0.29, 0.717) is 45.8 Å². The van der Waals surface area contributed by atoms with Crippen LogP contribution >= 0.6 is 23.2 Å². The van der Waals surface area contributed by atoms with Gasteiger partial charge in [0.1, 0.15) is 0 Å². The van der Waals surface area contributed by atoms with Gasteiger partial charge in [-0.2, -0.15) is 0 Å². The molecule has 8 heteroatoms. The summed E-state index contributed by atoms with van der Waals surface area (Å²) in [5, 5.41) is 10.0. The molecule has 1 saturated carbocycles. The molecule has 144 valence electrons. The van der Waals surface area contributed by atoms with Crippen LogP contribution in [0.2, 0.25) is 0 Å². The molecule has 3 N–H and O–H groups in total. The smallest absolute Gasteiger partial charge is 0.254 e. The summed E-state index contributed by atoms with van der Waals surface area (Å²) in [6.45, 7) is 2.70. The summed E-state index contributed by atoms with van der Waals surface area (Å²) in [4.78, 5) is 14.3. The van der Waals surface area contributed by atoms with Gasteiger partial charge in [0.25, 0.3) is 5.91 Å². The fraction of sp³-hybridized carbons (Fsp3) is 0.941. The van der Waals surface area contributed by atoms with Crippen LogP contribution in [0.4, 0.5) is 0 Å². The van der Waals surface area contributed by atoms with E-state index in [-0.39, 0.29) is 34.5 Å². The molecule has 3 rings (SSSR count). The van der Waals surface area contributed by atoms with Gasteiger partial charge in [0, 0.05) is 25.0 Å². The first-order chi connectivity index (χ1) is 12.0. The number of hydrogen-bond acceptors (Lipinski definition) is 5. The van der Waals surface area contributed by atoms with Crippen molar-refractivity contribution < 1.29 is 19.4 Å². The summed E-state index contributed by atoms with van der Waals surface area (Å²) in [6, 6.07) is -0.119. The minimum Gasteiger partial charge on any atom is -0.393 e. The molecule has 6 nitrogen and oxygen atoms in total. The van der Waals surface area contributed by atoms with E-state index in [4.69, 9.17) is 38.4 Å². The Bertz CT molecular complexity index is 456. The fourth-order valence-corrected chi connectivity index (χ4v) is 4.81. The molecule has 0 spiro atoms. The van der Waals surface area contributed by atoms with Gasteiger partial charge >= 0.3 is 0 Å². The first-order valence-electron chi connectivity index (χ1n) is 9.17. The molecule has 3 aliphatic rings. The second kappa shape index (κ2) is 8.72. The molecular weight excluding hydrogens is 367 g/mol. The quantitative estimate of drug-likeness (QED) is 0.696. The maximum atomic E-state index is 12.5. The molecule has 4 unspecified atom stereocenters. The van der Waals surface area contributed by atoms with Gasteiger partial charge in [-0.1, -0.05) is 0 Å². The van der Waals surface area contributed by atoms with E-state index >= 15 is 0 Å². The molecule has 6 atom stereocenters. The van der Waals surface area contributed by atoms with E-state index in [9.17, 15) is 9.90 Å². The van der Waals surface area contributed by atoms with Crippen molar-refractivity contribution in [3.8, 4) is 0 Å². The Morgan fingerprint density at radius 3 is 2.48 bits per heavy atom. The van der Waals surface area contributed by atoms with E-state index in [2.05, 4.69) is 0 Å². The molecule has 2 saturated heterocycles. The number of likely N-dealkylation sites (tertiary alicyclic amines) is 1. The SMILES string of the molecule is N[C@H](C1CCN(C(=O)[C@H]2COCCO2)CC1)C1CC(Cl)C(Cl)CC1O. The molecule has 2 heterocycles. The molecule has 0 radical (unpaired) electrons. The number of carbonyl (C=O) groups excluding carboxylic acids is 1. The third-order valence-electron chi connectivity index (χ3n) is 5.83. The summed E-state index contributed by atoms with van der Waals surface area (Å²) in [7, 11) is 0. The number of halogens is 2. The molecule has 3 fully saturated rings. The zero-order chi connectivity index (χ0) is 18.0. The van der Waals surface area contributed by atoms with Gasteiger partial charge in [-0.05, 0) is 31.6 Å². The topological polar surface area (TPSA) is 85.0 Å². The Balaban J connectivity index is 1.50. The normalized spacial score (nSPS) is 39.2. The first-order valence-corrected chi connectivity index (χ1v) is 10.0. The molecular formula is C17H28Cl2N2O4. The standard InChI is InChI=1S/C17H28Cl2N2O4/c18-12-7-11(14(22)8-13(12)19)16(20)10-1-3-21(4-2-10)17(23)15-9-24-5-6-25-15/h10-16,22H,1-9,20H2/t11?,12?,13?,14?,15-,16-/m1/s1. The number of ether oxygens (including phenoxy) is 2. The number of aliphatic hydroxyl groups excluding tert-OH is 1. The summed E-state index contributed by atoms with van der Waals surface area (Å²) < 4.78 is 10.8. The molecule has 1 aliphatic carbocycles. The lowest BCUT2D eigenvalue weighted by molar-refractivity contribution is -0.159. The Morgan fingerprint density at radius 1 is 1.16 bits per heavy atom. The van der Waals surface area contributed by atoms with Crippen molar-refractivity contribution in [3.05, 3.63) is 0 Å². The molecule has 0 aromatic carbocycles. The zero-order valence-corrected chi connectivity index (χ0v) is 15.9. The second-order valence-electron chi connectivity index (χ2n) is 7.41. The Kier molecular flexibility index (Phi) is 6.85. The van der Waals surface area contributed by atoms with E-state index in [1.165, 1.54) is 0 Å². The highest BCUT2D eigenvalue weighted by Crippen LogP contribution is 2.37. The third kappa shape index (κ3) is 4.60. The highest BCUT2D eigenvalue weighted by atomic mass is 35.5. The van der Waals surface area contributed by atoms with Gasteiger partial charge in [0.2, 0.25) is 0 Å². The lowest BCUT2D eigenvalue weighted by Crippen LogP contribution is -2.53. The van der Waals surface area contributed by atoms with Crippen molar-refractivity contribution in [1.29, 1.82) is 0 Å². The van der Waals surface area contributed by atoms with Crippen LogP contribution in [-0.4, -0.2) is 77.8 Å². The van der Waals surface area contributed by atoms with Gasteiger partial charge in [-0.3, -0.25) is 4.79 Å². The molecule has 0 bridgehead atoms. The van der Waals surface area contributed by atoms with E-state index < -0.39 is 12.2 Å². The van der Waals surface area contributed by atoms with Crippen LogP contribution in [0.15, 0.2) is 0 Å². The van der Waals surface area contributed by atoms with Crippen LogP contribution < -0.4 is 5.73 Å².